The van der Waals surface area contributed by atoms with Gasteiger partial charge in [0.05, 0.1) is 16.6 Å². The number of aromatic nitrogens is 1. The van der Waals surface area contributed by atoms with Crippen molar-refractivity contribution >= 4 is 44.0 Å². The lowest BCUT2D eigenvalue weighted by Crippen LogP contribution is -2.11. The van der Waals surface area contributed by atoms with E-state index >= 15 is 0 Å². The zero-order valence-electron chi connectivity index (χ0n) is 13.8. The number of anilines is 2. The monoisotopic (exact) mass is 404 g/mol. The van der Waals surface area contributed by atoms with Crippen LogP contribution >= 0.6 is 15.9 Å². The minimum absolute atomic E-state index is 0.0241. The van der Waals surface area contributed by atoms with E-state index in [-0.39, 0.29) is 5.78 Å². The first-order valence-electron chi connectivity index (χ1n) is 8.23. The number of hydrogen-bond acceptors (Lipinski definition) is 4. The van der Waals surface area contributed by atoms with Crippen LogP contribution in [0.2, 0.25) is 0 Å². The average molecular weight is 405 g/mol. The van der Waals surface area contributed by atoms with Gasteiger partial charge in [-0.1, -0.05) is 41.6 Å². The van der Waals surface area contributed by atoms with Gasteiger partial charge in [0.15, 0.2) is 11.5 Å². The van der Waals surface area contributed by atoms with Gasteiger partial charge in [-0.05, 0) is 46.6 Å². The quantitative estimate of drug-likeness (QED) is 0.400. The van der Waals surface area contributed by atoms with Gasteiger partial charge in [0, 0.05) is 21.3 Å². The second-order valence-electron chi connectivity index (χ2n) is 6.39. The molecule has 0 radical (unpaired) electrons. The van der Waals surface area contributed by atoms with Crippen LogP contribution in [0.5, 0.6) is 0 Å². The molecule has 0 amide bonds. The Balaban J connectivity index is 1.80. The normalized spacial score (nSPS) is 12.3. The summed E-state index contributed by atoms with van der Waals surface area (Å²) in [6, 6.07) is 17.4. The molecule has 1 aliphatic carbocycles. The van der Waals surface area contributed by atoms with Gasteiger partial charge < -0.3 is 9.84 Å². The van der Waals surface area contributed by atoms with E-state index < -0.39 is 0 Å². The number of aryl methyl sites for hydroxylation is 1. The van der Waals surface area contributed by atoms with Gasteiger partial charge in [0.1, 0.15) is 5.52 Å². The summed E-state index contributed by atoms with van der Waals surface area (Å²) in [5, 5.41) is 8.32. The summed E-state index contributed by atoms with van der Waals surface area (Å²) in [4.78, 5) is 13.3. The number of benzene rings is 3. The van der Waals surface area contributed by atoms with Crippen molar-refractivity contribution in [3.05, 3.63) is 75.8 Å². The average Bonchev–Trinajstić information content (AvgIpc) is 3.07. The van der Waals surface area contributed by atoms with Crippen LogP contribution in [0.15, 0.2) is 63.6 Å². The van der Waals surface area contributed by atoms with Crippen molar-refractivity contribution in [3.63, 3.8) is 0 Å². The summed E-state index contributed by atoms with van der Waals surface area (Å²) in [6.07, 6.45) is 0. The molecular formula is C21H13BrN2O2. The molecule has 26 heavy (non-hydrogen) atoms. The van der Waals surface area contributed by atoms with Crippen molar-refractivity contribution in [2.75, 3.05) is 5.32 Å². The summed E-state index contributed by atoms with van der Waals surface area (Å²) in [6.45, 7) is 2.04. The van der Waals surface area contributed by atoms with Crippen molar-refractivity contribution in [2.45, 2.75) is 6.92 Å². The molecule has 1 aromatic heterocycles. The lowest BCUT2D eigenvalue weighted by molar-refractivity contribution is 0.104. The number of carbonyl (C=O) groups excluding carboxylic acids is 1. The molecule has 0 fully saturated rings. The van der Waals surface area contributed by atoms with Gasteiger partial charge >= 0.3 is 0 Å². The molecule has 0 atom stereocenters. The molecular weight excluding hydrogens is 392 g/mol. The Morgan fingerprint density at radius 3 is 2.65 bits per heavy atom. The van der Waals surface area contributed by atoms with Crippen LogP contribution < -0.4 is 5.32 Å². The maximum atomic E-state index is 13.3. The number of hydrogen-bond donors (Lipinski definition) is 1. The molecule has 0 bridgehead atoms. The van der Waals surface area contributed by atoms with E-state index in [4.69, 9.17) is 4.52 Å². The summed E-state index contributed by atoms with van der Waals surface area (Å²) < 4.78 is 6.40. The Hall–Kier alpha value is -2.92. The molecule has 126 valence electrons. The summed E-state index contributed by atoms with van der Waals surface area (Å²) in [7, 11) is 0. The van der Waals surface area contributed by atoms with Gasteiger partial charge in [-0.2, -0.15) is 0 Å². The highest BCUT2D eigenvalue weighted by atomic mass is 79.9. The van der Waals surface area contributed by atoms with Crippen molar-refractivity contribution in [3.8, 4) is 11.3 Å². The van der Waals surface area contributed by atoms with E-state index in [9.17, 15) is 4.79 Å². The van der Waals surface area contributed by atoms with Crippen LogP contribution in [0.4, 0.5) is 11.4 Å². The number of halogens is 1. The first-order chi connectivity index (χ1) is 12.6. The van der Waals surface area contributed by atoms with E-state index in [1.807, 2.05) is 61.5 Å². The highest BCUT2D eigenvalue weighted by Crippen LogP contribution is 2.45. The van der Waals surface area contributed by atoms with Crippen molar-refractivity contribution in [2.24, 2.45) is 0 Å². The Bertz CT molecular complexity index is 1210. The second kappa shape index (κ2) is 5.54. The Morgan fingerprint density at radius 2 is 1.85 bits per heavy atom. The summed E-state index contributed by atoms with van der Waals surface area (Å²) in [5.41, 5.74) is 5.48. The van der Waals surface area contributed by atoms with E-state index in [0.29, 0.717) is 22.4 Å². The highest BCUT2D eigenvalue weighted by Gasteiger charge is 2.32. The third kappa shape index (κ3) is 2.14. The van der Waals surface area contributed by atoms with Gasteiger partial charge in [0.25, 0.3) is 0 Å². The fourth-order valence-corrected chi connectivity index (χ4v) is 4.00. The maximum absolute atomic E-state index is 13.3. The van der Waals surface area contributed by atoms with Crippen LogP contribution in [-0.4, -0.2) is 10.9 Å². The zero-order valence-corrected chi connectivity index (χ0v) is 15.4. The van der Waals surface area contributed by atoms with E-state index in [0.717, 1.165) is 32.4 Å². The van der Waals surface area contributed by atoms with Gasteiger partial charge in [-0.25, -0.2) is 0 Å². The zero-order chi connectivity index (χ0) is 17.8. The first kappa shape index (κ1) is 15.3. The summed E-state index contributed by atoms with van der Waals surface area (Å²) in [5.74, 6) is 0.614. The van der Waals surface area contributed by atoms with Gasteiger partial charge in [0.2, 0.25) is 0 Å². The molecule has 0 unspecified atom stereocenters. The predicted octanol–water partition coefficient (Wildman–Crippen LogP) is 5.85. The molecule has 0 aliphatic heterocycles. The maximum Gasteiger partial charge on any atom is 0.196 e. The third-order valence-corrected chi connectivity index (χ3v) is 5.25. The van der Waals surface area contributed by atoms with E-state index in [1.165, 1.54) is 0 Å². The number of carbonyl (C=O) groups is 1. The molecule has 3 aromatic carbocycles. The molecule has 4 aromatic rings. The van der Waals surface area contributed by atoms with Crippen molar-refractivity contribution in [1.29, 1.82) is 0 Å². The molecule has 5 heteroatoms. The Morgan fingerprint density at radius 1 is 1.04 bits per heavy atom. The molecule has 5 rings (SSSR count). The fourth-order valence-electron chi connectivity index (χ4n) is 3.50. The largest absolute Gasteiger partial charge is 0.355 e. The topological polar surface area (TPSA) is 55.1 Å². The van der Waals surface area contributed by atoms with E-state index in [1.54, 1.807) is 0 Å². The Labute approximate surface area is 157 Å². The van der Waals surface area contributed by atoms with Crippen LogP contribution in [0.1, 0.15) is 21.5 Å². The van der Waals surface area contributed by atoms with Crippen LogP contribution in [0, 0.1) is 6.92 Å². The first-order valence-corrected chi connectivity index (χ1v) is 9.02. The minimum Gasteiger partial charge on any atom is -0.355 e. The molecule has 0 saturated heterocycles. The standard InChI is InChI=1S/C21H13BrN2O2/c1-11-5-4-6-12(9-11)23-16-10-15(22)19-18-17(16)20(25)13-7-2-3-8-14(13)21(18)26-24-19/h2-10,23H,1H3. The number of fused-ring (bicyclic) bond motifs is 2. The molecule has 1 N–H and O–H groups in total. The molecule has 1 heterocycles. The van der Waals surface area contributed by atoms with Crippen LogP contribution in [0.3, 0.4) is 0 Å². The smallest absolute Gasteiger partial charge is 0.196 e. The van der Waals surface area contributed by atoms with Gasteiger partial charge in [-0.15, -0.1) is 0 Å². The number of nitrogens with one attached hydrogen (secondary N) is 1. The second-order valence-corrected chi connectivity index (χ2v) is 7.24. The van der Waals surface area contributed by atoms with Crippen molar-refractivity contribution < 1.29 is 9.32 Å². The lowest BCUT2D eigenvalue weighted by atomic mass is 9.87. The molecule has 4 nitrogen and oxygen atoms in total. The molecule has 0 saturated carbocycles. The fraction of sp³-hybridized carbons (Fsp3) is 0.0476. The third-order valence-electron chi connectivity index (χ3n) is 4.65. The number of nitrogens with zero attached hydrogens (tertiary/aromatic N) is 1. The van der Waals surface area contributed by atoms with Crippen molar-refractivity contribution in [1.82, 2.24) is 5.16 Å². The van der Waals surface area contributed by atoms with E-state index in [2.05, 4.69) is 26.4 Å². The summed E-state index contributed by atoms with van der Waals surface area (Å²) >= 11 is 3.56. The van der Waals surface area contributed by atoms with Crippen LogP contribution in [-0.2, 0) is 0 Å². The lowest BCUT2D eigenvalue weighted by Gasteiger charge is -2.18. The predicted molar refractivity (Wildman–Crippen MR) is 105 cm³/mol. The molecule has 1 aliphatic rings. The van der Waals surface area contributed by atoms with Gasteiger partial charge in [-0.3, -0.25) is 4.79 Å². The minimum atomic E-state index is -0.0241. The Kier molecular flexibility index (Phi) is 3.27. The number of rotatable bonds is 2. The molecule has 0 spiro atoms. The van der Waals surface area contributed by atoms with Crippen LogP contribution in [0.25, 0.3) is 22.2 Å². The SMILES string of the molecule is Cc1cccc(Nc2cc(Br)c3noc4c3c2C(=O)c2ccccc2-4)c1. The number of ketones is 1. The highest BCUT2D eigenvalue weighted by molar-refractivity contribution is 9.10.